The van der Waals surface area contributed by atoms with Crippen molar-refractivity contribution in [3.8, 4) is 56.2 Å². The highest BCUT2D eigenvalue weighted by molar-refractivity contribution is 6.06. The first-order valence-corrected chi connectivity index (χ1v) is 15.7. The van der Waals surface area contributed by atoms with E-state index in [1.165, 1.54) is 21.9 Å². The second-order valence-corrected chi connectivity index (χ2v) is 11.7. The predicted molar refractivity (Wildman–Crippen MR) is 192 cm³/mol. The van der Waals surface area contributed by atoms with Crippen molar-refractivity contribution in [1.29, 1.82) is 0 Å². The van der Waals surface area contributed by atoms with Crippen LogP contribution in [0.3, 0.4) is 0 Å². The van der Waals surface area contributed by atoms with Crippen LogP contribution in [0, 0.1) is 0 Å². The van der Waals surface area contributed by atoms with Crippen LogP contribution in [0.5, 0.6) is 0 Å². The first kappa shape index (κ1) is 27.0. The summed E-state index contributed by atoms with van der Waals surface area (Å²) in [6, 6.07) is 52.6. The number of rotatable bonds is 5. The van der Waals surface area contributed by atoms with E-state index in [4.69, 9.17) is 14.4 Å². The van der Waals surface area contributed by atoms with Crippen LogP contribution in [-0.2, 0) is 0 Å². The maximum absolute atomic E-state index is 6.11. The van der Waals surface area contributed by atoms with Crippen LogP contribution in [0.1, 0.15) is 0 Å². The molecule has 9 aromatic rings. The molecule has 3 aromatic heterocycles. The van der Waals surface area contributed by atoms with Gasteiger partial charge in [0, 0.05) is 39.9 Å². The van der Waals surface area contributed by atoms with E-state index in [1.54, 1.807) is 6.20 Å². The van der Waals surface area contributed by atoms with Gasteiger partial charge < -0.3 is 4.42 Å². The fourth-order valence-corrected chi connectivity index (χ4v) is 6.40. The fraction of sp³-hybridized carbons (Fsp3) is 0. The van der Waals surface area contributed by atoms with Crippen molar-refractivity contribution in [1.82, 2.24) is 15.0 Å². The van der Waals surface area contributed by atoms with Crippen molar-refractivity contribution in [2.45, 2.75) is 0 Å². The molecule has 0 saturated heterocycles. The molecule has 9 rings (SSSR count). The number of fused-ring (bicyclic) bond motifs is 4. The second kappa shape index (κ2) is 11.2. The third-order valence-corrected chi connectivity index (χ3v) is 8.82. The van der Waals surface area contributed by atoms with Gasteiger partial charge in [0.15, 0.2) is 5.82 Å². The summed E-state index contributed by atoms with van der Waals surface area (Å²) >= 11 is 0. The lowest BCUT2D eigenvalue weighted by atomic mass is 9.97. The molecular weight excluding hydrogens is 574 g/mol. The first-order chi connectivity index (χ1) is 23.3. The molecule has 0 saturated carbocycles. The summed E-state index contributed by atoms with van der Waals surface area (Å²) in [7, 11) is 0. The van der Waals surface area contributed by atoms with Gasteiger partial charge in [-0.1, -0.05) is 115 Å². The van der Waals surface area contributed by atoms with Crippen LogP contribution in [0.25, 0.3) is 88.9 Å². The van der Waals surface area contributed by atoms with E-state index in [0.29, 0.717) is 5.82 Å². The van der Waals surface area contributed by atoms with E-state index in [1.807, 2.05) is 36.5 Å². The Morgan fingerprint density at radius 3 is 1.89 bits per heavy atom. The molecule has 0 unspecified atom stereocenters. The molecule has 6 aromatic carbocycles. The van der Waals surface area contributed by atoms with Gasteiger partial charge in [-0.15, -0.1) is 0 Å². The summed E-state index contributed by atoms with van der Waals surface area (Å²) < 4.78 is 6.11. The summed E-state index contributed by atoms with van der Waals surface area (Å²) in [5.41, 5.74) is 11.0. The lowest BCUT2D eigenvalue weighted by molar-refractivity contribution is 0.669. The standard InChI is InChI=1S/C43H27N3O/c1-2-10-35-29(7-1)8-5-12-36(35)30-16-18-31(19-17-30)39-26-40(33-22-23-42-38(25-33)37-11-3-4-13-41(37)47-42)46-43(45-39)32-20-14-28(15-21-32)34-9-6-24-44-27-34/h1-27H. The Labute approximate surface area is 271 Å². The van der Waals surface area contributed by atoms with E-state index in [0.717, 1.165) is 61.1 Å². The Bertz CT molecular complexity index is 2550. The molecule has 0 fully saturated rings. The molecule has 0 bridgehead atoms. The molecule has 0 aliphatic carbocycles. The van der Waals surface area contributed by atoms with Gasteiger partial charge >= 0.3 is 0 Å². The van der Waals surface area contributed by atoms with Gasteiger partial charge in [-0.3, -0.25) is 4.98 Å². The molecule has 0 aliphatic heterocycles. The van der Waals surface area contributed by atoms with E-state index >= 15 is 0 Å². The van der Waals surface area contributed by atoms with Crippen LogP contribution in [0.2, 0.25) is 0 Å². The minimum atomic E-state index is 0.672. The SMILES string of the molecule is c1cncc(-c2ccc(-c3nc(-c4ccc(-c5cccc6ccccc56)cc4)cc(-c4ccc5oc6ccccc6c5c4)n3)cc2)c1. The molecule has 4 heteroatoms. The maximum Gasteiger partial charge on any atom is 0.160 e. The van der Waals surface area contributed by atoms with Crippen molar-refractivity contribution in [3.63, 3.8) is 0 Å². The zero-order chi connectivity index (χ0) is 31.2. The first-order valence-electron chi connectivity index (χ1n) is 15.7. The number of pyridine rings is 1. The van der Waals surface area contributed by atoms with Crippen molar-refractivity contribution in [2.24, 2.45) is 0 Å². The molecule has 0 radical (unpaired) electrons. The highest BCUT2D eigenvalue weighted by atomic mass is 16.3. The van der Waals surface area contributed by atoms with Crippen LogP contribution in [0.4, 0.5) is 0 Å². The molecule has 47 heavy (non-hydrogen) atoms. The summed E-state index contributed by atoms with van der Waals surface area (Å²) in [5, 5.41) is 4.64. The molecule has 0 atom stereocenters. The topological polar surface area (TPSA) is 51.8 Å². The highest BCUT2D eigenvalue weighted by Gasteiger charge is 2.14. The third kappa shape index (κ3) is 4.93. The lowest BCUT2D eigenvalue weighted by Gasteiger charge is -2.11. The van der Waals surface area contributed by atoms with Crippen LogP contribution >= 0.6 is 0 Å². The van der Waals surface area contributed by atoms with E-state index < -0.39 is 0 Å². The van der Waals surface area contributed by atoms with Crippen molar-refractivity contribution in [2.75, 3.05) is 0 Å². The summed E-state index contributed by atoms with van der Waals surface area (Å²) in [6.07, 6.45) is 3.67. The molecule has 0 spiro atoms. The Balaban J connectivity index is 1.16. The minimum absolute atomic E-state index is 0.672. The molecule has 4 nitrogen and oxygen atoms in total. The zero-order valence-electron chi connectivity index (χ0n) is 25.3. The lowest BCUT2D eigenvalue weighted by Crippen LogP contribution is -1.96. The number of furan rings is 1. The normalized spacial score (nSPS) is 11.4. The Hall–Kier alpha value is -6.39. The van der Waals surface area contributed by atoms with Gasteiger partial charge in [-0.05, 0) is 69.4 Å². The molecule has 0 N–H and O–H groups in total. The Morgan fingerprint density at radius 1 is 0.404 bits per heavy atom. The average Bonchev–Trinajstić information content (AvgIpc) is 3.53. The number of hydrogen-bond acceptors (Lipinski definition) is 4. The summed E-state index contributed by atoms with van der Waals surface area (Å²) in [5.74, 6) is 0.672. The van der Waals surface area contributed by atoms with E-state index in [2.05, 4.69) is 126 Å². The van der Waals surface area contributed by atoms with Gasteiger partial charge in [0.05, 0.1) is 11.4 Å². The van der Waals surface area contributed by atoms with Crippen LogP contribution < -0.4 is 0 Å². The number of hydrogen-bond donors (Lipinski definition) is 0. The monoisotopic (exact) mass is 601 g/mol. The average molecular weight is 602 g/mol. The van der Waals surface area contributed by atoms with E-state index in [9.17, 15) is 0 Å². The van der Waals surface area contributed by atoms with Gasteiger partial charge in [0.25, 0.3) is 0 Å². The zero-order valence-corrected chi connectivity index (χ0v) is 25.3. The predicted octanol–water partition coefficient (Wildman–Crippen LogP) is 11.3. The van der Waals surface area contributed by atoms with Gasteiger partial charge in [0.2, 0.25) is 0 Å². The van der Waals surface area contributed by atoms with Crippen LogP contribution in [-0.4, -0.2) is 15.0 Å². The number of aromatic nitrogens is 3. The van der Waals surface area contributed by atoms with Gasteiger partial charge in [-0.2, -0.15) is 0 Å². The van der Waals surface area contributed by atoms with Crippen molar-refractivity contribution < 1.29 is 4.42 Å². The third-order valence-electron chi connectivity index (χ3n) is 8.82. The van der Waals surface area contributed by atoms with Gasteiger partial charge in [-0.25, -0.2) is 9.97 Å². The molecule has 0 amide bonds. The quantitative estimate of drug-likeness (QED) is 0.197. The van der Waals surface area contributed by atoms with Crippen molar-refractivity contribution in [3.05, 3.63) is 164 Å². The number of nitrogens with zero attached hydrogens (tertiary/aromatic N) is 3. The van der Waals surface area contributed by atoms with Crippen LogP contribution in [0.15, 0.2) is 168 Å². The number of benzene rings is 6. The molecule has 0 aliphatic rings. The number of para-hydroxylation sites is 1. The Morgan fingerprint density at radius 2 is 1.06 bits per heavy atom. The molecular formula is C43H27N3O. The van der Waals surface area contributed by atoms with E-state index in [-0.39, 0.29) is 0 Å². The minimum Gasteiger partial charge on any atom is -0.456 e. The molecule has 3 heterocycles. The van der Waals surface area contributed by atoms with Gasteiger partial charge in [0.1, 0.15) is 11.2 Å². The largest absolute Gasteiger partial charge is 0.456 e. The second-order valence-electron chi connectivity index (χ2n) is 11.7. The maximum atomic E-state index is 6.11. The molecule has 220 valence electrons. The fourth-order valence-electron chi connectivity index (χ4n) is 6.40. The Kier molecular flexibility index (Phi) is 6.43. The summed E-state index contributed by atoms with van der Waals surface area (Å²) in [4.78, 5) is 14.5. The highest BCUT2D eigenvalue weighted by Crippen LogP contribution is 2.35. The summed E-state index contributed by atoms with van der Waals surface area (Å²) in [6.45, 7) is 0. The van der Waals surface area contributed by atoms with Crippen molar-refractivity contribution >= 4 is 32.7 Å². The smallest absolute Gasteiger partial charge is 0.160 e.